The van der Waals surface area contributed by atoms with Gasteiger partial charge in [0.1, 0.15) is 0 Å². The van der Waals surface area contributed by atoms with E-state index in [1.165, 1.54) is 30.4 Å². The lowest BCUT2D eigenvalue weighted by Crippen LogP contribution is -2.19. The van der Waals surface area contributed by atoms with E-state index in [0.29, 0.717) is 17.9 Å². The first kappa shape index (κ1) is 26.1. The quantitative estimate of drug-likeness (QED) is 0.258. The van der Waals surface area contributed by atoms with Crippen LogP contribution in [0.1, 0.15) is 71.2 Å². The van der Waals surface area contributed by atoms with Crippen molar-refractivity contribution in [1.82, 2.24) is 0 Å². The highest BCUT2D eigenvalue weighted by molar-refractivity contribution is 6.00. The lowest BCUT2D eigenvalue weighted by Gasteiger charge is -2.32. The number of carbonyl (C=O) groups is 2. The van der Waals surface area contributed by atoms with Gasteiger partial charge in [-0.25, -0.2) is 4.79 Å². The molecule has 176 valence electrons. The molecule has 2 rings (SSSR count). The second-order valence-corrected chi connectivity index (χ2v) is 9.21. The van der Waals surface area contributed by atoms with Crippen molar-refractivity contribution >= 4 is 17.6 Å². The average molecular weight is 448 g/mol. The van der Waals surface area contributed by atoms with Crippen LogP contribution in [-0.4, -0.2) is 18.5 Å². The Bertz CT molecular complexity index is 1000. The van der Waals surface area contributed by atoms with E-state index in [0.717, 1.165) is 11.1 Å². The molecule has 0 aromatic heterocycles. The van der Waals surface area contributed by atoms with Crippen LogP contribution in [0.3, 0.4) is 0 Å². The fourth-order valence-electron chi connectivity index (χ4n) is 3.97. The molecular formula is C29H37NO3. The highest BCUT2D eigenvalue weighted by Gasteiger charge is 2.26. The predicted molar refractivity (Wildman–Crippen MR) is 137 cm³/mol. The standard InChI is InChI=1S/C29H37NO3/c1-7-33-28(32)24-14-16-25(17-15-24)30-27(31)20-22(3)11-8-10-21(2)13-18-26-23(4)12-9-19-29(26,5)6/h8,10-11,13-18,20H,7,9,12,19H2,1-6H3,(H,30,31)/b11-8+,18-13-,21-10+,22-20+. The van der Waals surface area contributed by atoms with Crippen LogP contribution in [0.15, 0.2) is 83.0 Å². The summed E-state index contributed by atoms with van der Waals surface area (Å²) in [6.45, 7) is 12.9. The van der Waals surface area contributed by atoms with Crippen LogP contribution >= 0.6 is 0 Å². The Hall–Kier alpha value is -3.14. The van der Waals surface area contributed by atoms with Crippen molar-refractivity contribution in [3.8, 4) is 0 Å². The Kier molecular flexibility index (Phi) is 9.65. The number of allylic oxidation sites excluding steroid dienone is 9. The van der Waals surface area contributed by atoms with E-state index < -0.39 is 0 Å². The second-order valence-electron chi connectivity index (χ2n) is 9.21. The van der Waals surface area contributed by atoms with Crippen molar-refractivity contribution in [3.05, 3.63) is 88.6 Å². The zero-order valence-electron chi connectivity index (χ0n) is 20.8. The SMILES string of the molecule is CCOC(=O)c1ccc(NC(=O)/C=C(C)/C=C/C=C(C)/C=C\C2=C(C)CCCC2(C)C)cc1. The summed E-state index contributed by atoms with van der Waals surface area (Å²) in [5.74, 6) is -0.590. The first-order chi connectivity index (χ1) is 15.6. The Labute approximate surface area is 198 Å². The van der Waals surface area contributed by atoms with Crippen molar-refractivity contribution in [2.45, 2.75) is 60.8 Å². The molecule has 0 heterocycles. The van der Waals surface area contributed by atoms with Gasteiger partial charge in [-0.1, -0.05) is 55.4 Å². The summed E-state index contributed by atoms with van der Waals surface area (Å²) >= 11 is 0. The van der Waals surface area contributed by atoms with Crippen LogP contribution in [0.5, 0.6) is 0 Å². The summed E-state index contributed by atoms with van der Waals surface area (Å²) in [5.41, 5.74) is 6.26. The van der Waals surface area contributed by atoms with Crippen molar-refractivity contribution in [3.63, 3.8) is 0 Å². The van der Waals surface area contributed by atoms with Gasteiger partial charge in [0, 0.05) is 11.8 Å². The molecule has 1 aliphatic rings. The summed E-state index contributed by atoms with van der Waals surface area (Å²) in [6.07, 6.45) is 15.6. The van der Waals surface area contributed by atoms with Gasteiger partial charge in [0.2, 0.25) is 5.91 Å². The van der Waals surface area contributed by atoms with Gasteiger partial charge >= 0.3 is 5.97 Å². The van der Waals surface area contributed by atoms with Gasteiger partial charge in [0.15, 0.2) is 0 Å². The van der Waals surface area contributed by atoms with Crippen LogP contribution < -0.4 is 5.32 Å². The van der Waals surface area contributed by atoms with Crippen LogP contribution in [0.25, 0.3) is 0 Å². The lowest BCUT2D eigenvalue weighted by molar-refractivity contribution is -0.111. The number of anilines is 1. The van der Waals surface area contributed by atoms with Crippen molar-refractivity contribution in [1.29, 1.82) is 0 Å². The molecular weight excluding hydrogens is 410 g/mol. The average Bonchev–Trinajstić information content (AvgIpc) is 2.73. The molecule has 0 atom stereocenters. The number of benzene rings is 1. The Morgan fingerprint density at radius 2 is 1.79 bits per heavy atom. The molecule has 0 saturated heterocycles. The van der Waals surface area contributed by atoms with Gasteiger partial charge in [-0.05, 0) is 87.8 Å². The number of esters is 1. The third kappa shape index (κ3) is 8.38. The molecule has 0 unspecified atom stereocenters. The van der Waals surface area contributed by atoms with E-state index in [1.54, 1.807) is 37.3 Å². The largest absolute Gasteiger partial charge is 0.462 e. The molecule has 1 amide bonds. The molecule has 33 heavy (non-hydrogen) atoms. The maximum Gasteiger partial charge on any atom is 0.338 e. The maximum atomic E-state index is 12.3. The number of carbonyl (C=O) groups excluding carboxylic acids is 2. The number of nitrogens with one attached hydrogen (secondary N) is 1. The maximum absolute atomic E-state index is 12.3. The molecule has 0 bridgehead atoms. The Morgan fingerprint density at radius 1 is 1.09 bits per heavy atom. The van der Waals surface area contributed by atoms with Gasteiger partial charge in [-0.2, -0.15) is 0 Å². The van der Waals surface area contributed by atoms with Crippen molar-refractivity contribution < 1.29 is 14.3 Å². The molecule has 1 aliphatic carbocycles. The molecule has 0 fully saturated rings. The number of rotatable bonds is 8. The fraction of sp³-hybridized carbons (Fsp3) is 0.379. The monoisotopic (exact) mass is 447 g/mol. The highest BCUT2D eigenvalue weighted by atomic mass is 16.5. The number of hydrogen-bond donors (Lipinski definition) is 1. The van der Waals surface area contributed by atoms with Gasteiger partial charge < -0.3 is 10.1 Å². The number of ether oxygens (including phenoxy) is 1. The molecule has 1 aromatic carbocycles. The molecule has 4 nitrogen and oxygen atoms in total. The minimum absolute atomic E-state index is 0.219. The van der Waals surface area contributed by atoms with Gasteiger partial charge in [0.05, 0.1) is 12.2 Å². The molecule has 0 saturated carbocycles. The van der Waals surface area contributed by atoms with Crippen LogP contribution in [0, 0.1) is 5.41 Å². The minimum Gasteiger partial charge on any atom is -0.462 e. The normalized spacial score (nSPS) is 17.0. The smallest absolute Gasteiger partial charge is 0.338 e. The third-order valence-electron chi connectivity index (χ3n) is 5.80. The zero-order valence-corrected chi connectivity index (χ0v) is 20.8. The summed E-state index contributed by atoms with van der Waals surface area (Å²) in [5, 5.41) is 2.81. The first-order valence-electron chi connectivity index (χ1n) is 11.6. The summed E-state index contributed by atoms with van der Waals surface area (Å²) < 4.78 is 4.96. The van der Waals surface area contributed by atoms with Crippen LogP contribution in [0.2, 0.25) is 0 Å². The van der Waals surface area contributed by atoms with E-state index in [-0.39, 0.29) is 17.3 Å². The third-order valence-corrected chi connectivity index (χ3v) is 5.80. The van der Waals surface area contributed by atoms with E-state index >= 15 is 0 Å². The van der Waals surface area contributed by atoms with E-state index in [9.17, 15) is 9.59 Å². The predicted octanol–water partition coefficient (Wildman–Crippen LogP) is 7.33. The van der Waals surface area contributed by atoms with Gasteiger partial charge in [-0.3, -0.25) is 4.79 Å². The Balaban J connectivity index is 1.94. The fourth-order valence-corrected chi connectivity index (χ4v) is 3.97. The van der Waals surface area contributed by atoms with Crippen LogP contribution in [-0.2, 0) is 9.53 Å². The van der Waals surface area contributed by atoms with E-state index in [2.05, 4.69) is 45.2 Å². The molecule has 4 heteroatoms. The highest BCUT2D eigenvalue weighted by Crippen LogP contribution is 2.40. The Morgan fingerprint density at radius 3 is 2.42 bits per heavy atom. The van der Waals surface area contributed by atoms with E-state index in [4.69, 9.17) is 4.74 Å². The minimum atomic E-state index is -0.372. The lowest BCUT2D eigenvalue weighted by atomic mass is 9.72. The topological polar surface area (TPSA) is 55.4 Å². The summed E-state index contributed by atoms with van der Waals surface area (Å²) in [6, 6.07) is 6.65. The van der Waals surface area contributed by atoms with Gasteiger partial charge in [-0.15, -0.1) is 0 Å². The molecule has 0 radical (unpaired) electrons. The summed E-state index contributed by atoms with van der Waals surface area (Å²) in [4.78, 5) is 24.0. The molecule has 0 aliphatic heterocycles. The molecule has 1 aromatic rings. The van der Waals surface area contributed by atoms with Crippen LogP contribution in [0.4, 0.5) is 5.69 Å². The number of amides is 1. The number of hydrogen-bond acceptors (Lipinski definition) is 3. The zero-order chi connectivity index (χ0) is 24.4. The van der Waals surface area contributed by atoms with Crippen molar-refractivity contribution in [2.24, 2.45) is 5.41 Å². The van der Waals surface area contributed by atoms with E-state index in [1.807, 2.05) is 25.2 Å². The summed E-state index contributed by atoms with van der Waals surface area (Å²) in [7, 11) is 0. The molecule has 1 N–H and O–H groups in total. The second kappa shape index (κ2) is 12.2. The first-order valence-corrected chi connectivity index (χ1v) is 11.6. The molecule has 0 spiro atoms. The van der Waals surface area contributed by atoms with Crippen molar-refractivity contribution in [2.75, 3.05) is 11.9 Å². The van der Waals surface area contributed by atoms with Gasteiger partial charge in [0.25, 0.3) is 0 Å².